The van der Waals surface area contributed by atoms with Crippen molar-refractivity contribution in [3.8, 4) is 0 Å². The molecule has 0 radical (unpaired) electrons. The van der Waals surface area contributed by atoms with Crippen LogP contribution in [0.2, 0.25) is 0 Å². The van der Waals surface area contributed by atoms with Crippen LogP contribution < -0.4 is 5.73 Å². The van der Waals surface area contributed by atoms with Gasteiger partial charge in [0, 0.05) is 0 Å². The smallest absolute Gasteiger partial charge is 0.271 e. The predicted octanol–water partition coefficient (Wildman–Crippen LogP) is 2.28. The van der Waals surface area contributed by atoms with Crippen LogP contribution in [0.25, 0.3) is 0 Å². The maximum absolute atomic E-state index is 11.7. The molecule has 0 atom stereocenters. The van der Waals surface area contributed by atoms with E-state index in [0.717, 1.165) is 0 Å². The second-order valence-electron chi connectivity index (χ2n) is 2.19. The topological polar surface area (TPSA) is 26.0 Å². The van der Waals surface area contributed by atoms with Crippen molar-refractivity contribution in [2.45, 2.75) is 18.4 Å². The molecule has 0 aliphatic carbocycles. The van der Waals surface area contributed by atoms with Gasteiger partial charge in [-0.1, -0.05) is 0 Å². The molecule has 13 heavy (non-hydrogen) atoms. The lowest BCUT2D eigenvalue weighted by molar-refractivity contribution is -0.336. The molecule has 0 aromatic heterocycles. The van der Waals surface area contributed by atoms with E-state index in [-0.39, 0.29) is 0 Å². The number of hydrogen-bond donors (Lipinski definition) is 1. The van der Waals surface area contributed by atoms with Gasteiger partial charge in [0.15, 0.2) is 0 Å². The van der Waals surface area contributed by atoms with Crippen molar-refractivity contribution in [2.75, 3.05) is 0 Å². The molecule has 0 aliphatic rings. The van der Waals surface area contributed by atoms with Gasteiger partial charge in [-0.05, 0) is 0 Å². The van der Waals surface area contributed by atoms with Crippen LogP contribution in [0, 0.1) is 5.92 Å². The lowest BCUT2D eigenvalue weighted by Gasteiger charge is -2.27. The van der Waals surface area contributed by atoms with Crippen molar-refractivity contribution in [3.05, 3.63) is 0 Å². The maximum atomic E-state index is 11.7. The second-order valence-corrected chi connectivity index (χ2v) is 2.19. The highest BCUT2D eigenvalue weighted by atomic mass is 19.4. The Morgan fingerprint density at radius 3 is 0.923 bits per heavy atom. The monoisotopic (exact) mass is 217 g/mol. The Morgan fingerprint density at radius 2 is 0.923 bits per heavy atom. The summed E-state index contributed by atoms with van der Waals surface area (Å²) in [5.41, 5.74) is 3.48. The van der Waals surface area contributed by atoms with Crippen molar-refractivity contribution in [1.29, 1.82) is 0 Å². The molecule has 0 rings (SSSR count). The van der Waals surface area contributed by atoms with E-state index in [9.17, 15) is 35.1 Å². The third kappa shape index (κ3) is 3.33. The Labute approximate surface area is 66.5 Å². The lowest BCUT2D eigenvalue weighted by atomic mass is 10.1. The quantitative estimate of drug-likeness (QED) is 0.529. The lowest BCUT2D eigenvalue weighted by Crippen LogP contribution is -2.53. The summed E-state index contributed by atoms with van der Waals surface area (Å²) in [6.45, 7) is 0. The molecule has 0 aliphatic heterocycles. The fourth-order valence-electron chi connectivity index (χ4n) is 0.622. The second kappa shape index (κ2) is 2.96. The van der Waals surface area contributed by atoms with Gasteiger partial charge in [0.05, 0.1) is 0 Å². The van der Waals surface area contributed by atoms with Gasteiger partial charge in [-0.25, -0.2) is 0 Å². The van der Waals surface area contributed by atoms with Gasteiger partial charge in [-0.2, -0.15) is 35.1 Å². The number of nitrogens with two attached hydrogens (primary N) is 1. The summed E-state index contributed by atoms with van der Waals surface area (Å²) < 4.78 is 92.0. The van der Waals surface area contributed by atoms with Gasteiger partial charge in [0.25, 0.3) is 0 Å². The van der Waals surface area contributed by atoms with Gasteiger partial charge >= 0.3 is 18.4 Å². The van der Waals surface area contributed by atoms with E-state index in [2.05, 4.69) is 5.73 Å². The number of halogens is 8. The van der Waals surface area contributed by atoms with Gasteiger partial charge < -0.3 is 0 Å². The van der Waals surface area contributed by atoms with E-state index in [0.29, 0.717) is 0 Å². The molecular weight excluding hydrogens is 214 g/mol. The molecule has 0 unspecified atom stereocenters. The number of rotatable bonds is 1. The molecule has 0 heterocycles. The van der Waals surface area contributed by atoms with E-state index in [1.807, 2.05) is 0 Å². The Kier molecular flexibility index (Phi) is 2.83. The van der Waals surface area contributed by atoms with E-state index < -0.39 is 24.3 Å². The zero-order valence-corrected chi connectivity index (χ0v) is 5.68. The molecular formula is C4H3F8N. The minimum Gasteiger partial charge on any atom is -0.271 e. The van der Waals surface area contributed by atoms with Gasteiger partial charge in [-0.3, -0.25) is 5.73 Å². The highest BCUT2D eigenvalue weighted by Crippen LogP contribution is 2.45. The standard InChI is InChI=1S/C4H3F8N/c5-2(6,7)1(3(8,9)10)4(11,12)13/h1H,13H2. The van der Waals surface area contributed by atoms with Crippen LogP contribution in [0.5, 0.6) is 0 Å². The van der Waals surface area contributed by atoms with Crippen LogP contribution in [0.15, 0.2) is 0 Å². The maximum Gasteiger partial charge on any atom is 0.407 e. The van der Waals surface area contributed by atoms with Crippen LogP contribution in [0.1, 0.15) is 0 Å². The number of hydrogen-bond acceptors (Lipinski definition) is 1. The van der Waals surface area contributed by atoms with Crippen LogP contribution in [0.4, 0.5) is 35.1 Å². The highest BCUT2D eigenvalue weighted by molar-refractivity contribution is 4.84. The summed E-state index contributed by atoms with van der Waals surface area (Å²) in [5.74, 6) is -4.83. The largest absolute Gasteiger partial charge is 0.407 e. The zero-order valence-electron chi connectivity index (χ0n) is 5.68. The minimum atomic E-state index is -6.11. The Hall–Kier alpha value is -0.600. The third-order valence-corrected chi connectivity index (χ3v) is 1.04. The minimum absolute atomic E-state index is 3.48. The van der Waals surface area contributed by atoms with E-state index >= 15 is 0 Å². The van der Waals surface area contributed by atoms with Crippen molar-refractivity contribution in [1.82, 2.24) is 0 Å². The average molecular weight is 217 g/mol. The Morgan fingerprint density at radius 1 is 0.692 bits per heavy atom. The van der Waals surface area contributed by atoms with Crippen molar-refractivity contribution in [3.63, 3.8) is 0 Å². The Balaban J connectivity index is 5.02. The van der Waals surface area contributed by atoms with Gasteiger partial charge in [0.1, 0.15) is 0 Å². The van der Waals surface area contributed by atoms with E-state index in [4.69, 9.17) is 0 Å². The molecule has 9 heteroatoms. The summed E-state index contributed by atoms with van der Waals surface area (Å²) in [5, 5.41) is 0. The van der Waals surface area contributed by atoms with Gasteiger partial charge in [-0.15, -0.1) is 0 Å². The first kappa shape index (κ1) is 12.4. The summed E-state index contributed by atoms with van der Waals surface area (Å²) in [6, 6.07) is -5.36. The molecule has 0 saturated heterocycles. The van der Waals surface area contributed by atoms with Gasteiger partial charge in [0.2, 0.25) is 5.92 Å². The molecule has 1 nitrogen and oxygen atoms in total. The van der Waals surface area contributed by atoms with Crippen molar-refractivity contribution < 1.29 is 35.1 Å². The normalized spacial score (nSPS) is 15.2. The van der Waals surface area contributed by atoms with Crippen LogP contribution in [-0.4, -0.2) is 18.4 Å². The zero-order chi connectivity index (χ0) is 11.1. The van der Waals surface area contributed by atoms with Crippen molar-refractivity contribution in [2.24, 2.45) is 11.7 Å². The van der Waals surface area contributed by atoms with Crippen LogP contribution in [-0.2, 0) is 0 Å². The first-order chi connectivity index (χ1) is 5.37. The first-order valence-corrected chi connectivity index (χ1v) is 2.67. The highest BCUT2D eigenvalue weighted by Gasteiger charge is 2.67. The molecule has 0 bridgehead atoms. The van der Waals surface area contributed by atoms with Crippen molar-refractivity contribution >= 4 is 0 Å². The fraction of sp³-hybridized carbons (Fsp3) is 1.00. The molecule has 0 saturated carbocycles. The molecule has 2 N–H and O–H groups in total. The predicted molar refractivity (Wildman–Crippen MR) is 24.7 cm³/mol. The molecule has 0 aromatic carbocycles. The average Bonchev–Trinajstić information content (AvgIpc) is 1.44. The van der Waals surface area contributed by atoms with E-state index in [1.54, 1.807) is 0 Å². The van der Waals surface area contributed by atoms with E-state index in [1.165, 1.54) is 0 Å². The summed E-state index contributed by atoms with van der Waals surface area (Å²) in [7, 11) is 0. The molecule has 0 spiro atoms. The summed E-state index contributed by atoms with van der Waals surface area (Å²) in [6.07, 6.45) is -12.2. The van der Waals surface area contributed by atoms with Crippen LogP contribution >= 0.6 is 0 Å². The SMILES string of the molecule is NC(F)(F)C(C(F)(F)F)C(F)(F)F. The summed E-state index contributed by atoms with van der Waals surface area (Å²) >= 11 is 0. The number of alkyl halides is 8. The van der Waals surface area contributed by atoms with Crippen LogP contribution in [0.3, 0.4) is 0 Å². The Bertz CT molecular complexity index is 139. The molecule has 80 valence electrons. The molecule has 0 fully saturated rings. The third-order valence-electron chi connectivity index (χ3n) is 1.04. The molecule has 0 amide bonds. The fourth-order valence-corrected chi connectivity index (χ4v) is 0.622. The molecule has 0 aromatic rings. The first-order valence-electron chi connectivity index (χ1n) is 2.67. The summed E-state index contributed by atoms with van der Waals surface area (Å²) in [4.78, 5) is 0.